The quantitative estimate of drug-likeness (QED) is 0.375. The molecule has 0 aliphatic heterocycles. The number of hydrogen-bond acceptors (Lipinski definition) is 3. The van der Waals surface area contributed by atoms with Gasteiger partial charge in [0.15, 0.2) is 0 Å². The van der Waals surface area contributed by atoms with Crippen LogP contribution in [0.3, 0.4) is 0 Å². The first-order valence-electron chi connectivity index (χ1n) is 8.90. The van der Waals surface area contributed by atoms with Crippen molar-refractivity contribution < 1.29 is 26.7 Å². The van der Waals surface area contributed by atoms with Crippen LogP contribution in [0.4, 0.5) is 22.0 Å². The van der Waals surface area contributed by atoms with Gasteiger partial charge in [0, 0.05) is 41.3 Å². The lowest BCUT2D eigenvalue weighted by atomic mass is 10.1. The number of ether oxygens (including phenoxy) is 1. The molecule has 4 aromatic heterocycles. The van der Waals surface area contributed by atoms with Crippen molar-refractivity contribution in [1.82, 2.24) is 19.9 Å². The molecule has 0 bridgehead atoms. The molecule has 0 amide bonds. The third-order valence-electron chi connectivity index (χ3n) is 4.60. The molecule has 0 atom stereocenters. The monoisotopic (exact) mass is 426 g/mol. The smallest absolute Gasteiger partial charge is 0.405 e. The van der Waals surface area contributed by atoms with E-state index in [1.807, 2.05) is 0 Å². The Hall–Kier alpha value is -3.17. The highest BCUT2D eigenvalue weighted by Crippen LogP contribution is 2.34. The largest absolute Gasteiger partial charge is 0.573 e. The van der Waals surface area contributed by atoms with E-state index in [-0.39, 0.29) is 11.3 Å². The van der Waals surface area contributed by atoms with E-state index in [4.69, 9.17) is 0 Å². The van der Waals surface area contributed by atoms with Gasteiger partial charge in [0.25, 0.3) is 6.43 Å². The molecule has 5 nitrogen and oxygen atoms in total. The van der Waals surface area contributed by atoms with Crippen molar-refractivity contribution in [3.63, 3.8) is 0 Å². The maximum Gasteiger partial charge on any atom is 0.573 e. The number of hydrogen-bond donors (Lipinski definition) is 2. The number of nitrogens with one attached hydrogen (secondary N) is 2. The number of rotatable bonds is 2. The van der Waals surface area contributed by atoms with Crippen LogP contribution in [0.5, 0.6) is 5.75 Å². The molecule has 0 aliphatic rings. The van der Waals surface area contributed by atoms with Crippen molar-refractivity contribution in [3.8, 4) is 5.75 Å². The minimum absolute atomic E-state index is 0.0914. The van der Waals surface area contributed by atoms with Crippen molar-refractivity contribution in [2.24, 2.45) is 0 Å². The van der Waals surface area contributed by atoms with E-state index in [0.717, 1.165) is 5.56 Å². The van der Waals surface area contributed by atoms with Crippen molar-refractivity contribution in [3.05, 3.63) is 52.6 Å². The van der Waals surface area contributed by atoms with Crippen LogP contribution >= 0.6 is 0 Å². The minimum atomic E-state index is -4.69. The van der Waals surface area contributed by atoms with E-state index < -0.39 is 12.8 Å². The molecule has 2 N–H and O–H groups in total. The highest BCUT2D eigenvalue weighted by molar-refractivity contribution is 5.87. The zero-order valence-corrected chi connectivity index (χ0v) is 16.6. The summed E-state index contributed by atoms with van der Waals surface area (Å²) in [4.78, 5) is 13.7. The molecule has 30 heavy (non-hydrogen) atoms. The van der Waals surface area contributed by atoms with Gasteiger partial charge in [-0.1, -0.05) is 0 Å². The first-order chi connectivity index (χ1) is 14.0. The first-order valence-corrected chi connectivity index (χ1v) is 8.90. The number of aryl methyl sites for hydroxylation is 4. The van der Waals surface area contributed by atoms with Gasteiger partial charge in [-0.25, -0.2) is 18.7 Å². The van der Waals surface area contributed by atoms with Crippen LogP contribution < -0.4 is 4.74 Å². The van der Waals surface area contributed by atoms with Crippen LogP contribution in [0, 0.1) is 27.7 Å². The van der Waals surface area contributed by atoms with Crippen LogP contribution in [-0.2, 0) is 0 Å². The predicted molar refractivity (Wildman–Crippen MR) is 103 cm³/mol. The fourth-order valence-corrected chi connectivity index (χ4v) is 3.22. The van der Waals surface area contributed by atoms with E-state index in [2.05, 4.69) is 24.7 Å². The van der Waals surface area contributed by atoms with Crippen LogP contribution in [0.1, 0.15) is 34.2 Å². The average Bonchev–Trinajstić information content (AvgIpc) is 3.20. The van der Waals surface area contributed by atoms with Gasteiger partial charge in [0.2, 0.25) is 0 Å². The number of halogens is 5. The fraction of sp³-hybridized carbons (Fsp3) is 0.300. The van der Waals surface area contributed by atoms with E-state index in [1.54, 1.807) is 33.2 Å². The number of alkyl halides is 5. The molecule has 4 rings (SSSR count). The number of fused-ring (bicyclic) bond motifs is 2. The fourth-order valence-electron chi connectivity index (χ4n) is 3.22. The Morgan fingerprint density at radius 3 is 1.83 bits per heavy atom. The van der Waals surface area contributed by atoms with Crippen LogP contribution in [0.25, 0.3) is 22.1 Å². The number of aromatic nitrogens is 4. The van der Waals surface area contributed by atoms with Crippen LogP contribution in [0.2, 0.25) is 0 Å². The molecule has 0 spiro atoms. The Morgan fingerprint density at radius 2 is 1.30 bits per heavy atom. The molecule has 0 radical (unpaired) electrons. The highest BCUT2D eigenvalue weighted by Gasteiger charge is 2.33. The molecule has 10 heteroatoms. The Kier molecular flexibility index (Phi) is 5.69. The standard InChI is InChI=1S/C10H9F3N2O.C10H10F2N2/c1-5-3-14-9-7(5)8(6(2)4-15-9)16-10(11,12)13;1-5-3-13-10-8(6(2)4-14-10)7(5)9(11)12/h3-4H,1-2H3,(H,14,15);3-4,9H,1-2H3,(H,13,14). The Bertz CT molecular complexity index is 1190. The van der Waals surface area contributed by atoms with Gasteiger partial charge in [-0.3, -0.25) is 0 Å². The summed E-state index contributed by atoms with van der Waals surface area (Å²) in [6, 6.07) is 0. The summed E-state index contributed by atoms with van der Waals surface area (Å²) in [5, 5.41) is 0.928. The summed E-state index contributed by atoms with van der Waals surface area (Å²) in [6.07, 6.45) is -1.03. The molecule has 4 heterocycles. The second kappa shape index (κ2) is 7.92. The van der Waals surface area contributed by atoms with Gasteiger partial charge >= 0.3 is 6.36 Å². The summed E-state index contributed by atoms with van der Waals surface area (Å²) >= 11 is 0. The second-order valence-electron chi connectivity index (χ2n) is 6.86. The predicted octanol–water partition coefficient (Wildman–Crippen LogP) is 6.20. The lowest BCUT2D eigenvalue weighted by Crippen LogP contribution is -2.18. The molecule has 0 aromatic carbocycles. The van der Waals surface area contributed by atoms with Crippen molar-refractivity contribution >= 4 is 22.1 Å². The molecular weight excluding hydrogens is 407 g/mol. The number of aromatic amines is 2. The van der Waals surface area contributed by atoms with E-state index in [0.29, 0.717) is 38.8 Å². The third kappa shape index (κ3) is 4.22. The molecule has 4 aromatic rings. The van der Waals surface area contributed by atoms with E-state index in [9.17, 15) is 22.0 Å². The van der Waals surface area contributed by atoms with Gasteiger partial charge < -0.3 is 14.7 Å². The van der Waals surface area contributed by atoms with Crippen LogP contribution in [-0.4, -0.2) is 26.3 Å². The maximum absolute atomic E-state index is 12.8. The van der Waals surface area contributed by atoms with Crippen molar-refractivity contribution in [2.45, 2.75) is 40.5 Å². The SMILES string of the molecule is Cc1cnc2[nH]cc(C)c2c1C(F)F.Cc1cnc2[nH]cc(C)c2c1OC(F)(F)F. The van der Waals surface area contributed by atoms with Gasteiger partial charge in [0.1, 0.15) is 17.0 Å². The summed E-state index contributed by atoms with van der Waals surface area (Å²) < 4.78 is 66.3. The van der Waals surface area contributed by atoms with Crippen LogP contribution in [0.15, 0.2) is 24.8 Å². The first kappa shape index (κ1) is 21.5. The highest BCUT2D eigenvalue weighted by atomic mass is 19.4. The molecule has 0 fully saturated rings. The lowest BCUT2D eigenvalue weighted by Gasteiger charge is -2.12. The zero-order valence-electron chi connectivity index (χ0n) is 16.6. The molecule has 0 saturated carbocycles. The van der Waals surface area contributed by atoms with Crippen molar-refractivity contribution in [2.75, 3.05) is 0 Å². The van der Waals surface area contributed by atoms with Gasteiger partial charge in [-0.15, -0.1) is 13.2 Å². The number of H-pyrrole nitrogens is 2. The Labute approximate surface area is 168 Å². The van der Waals surface area contributed by atoms with Crippen molar-refractivity contribution in [1.29, 1.82) is 0 Å². The molecule has 0 unspecified atom stereocenters. The summed E-state index contributed by atoms with van der Waals surface area (Å²) in [6.45, 7) is 6.68. The third-order valence-corrected chi connectivity index (χ3v) is 4.60. The van der Waals surface area contributed by atoms with E-state index >= 15 is 0 Å². The van der Waals surface area contributed by atoms with Gasteiger partial charge in [-0.05, 0) is 44.4 Å². The second-order valence-corrected chi connectivity index (χ2v) is 6.86. The number of pyridine rings is 2. The molecule has 0 saturated heterocycles. The summed E-state index contributed by atoms with van der Waals surface area (Å²) in [5.41, 5.74) is 3.39. The molecule has 160 valence electrons. The zero-order chi connectivity index (χ0) is 22.2. The Morgan fingerprint density at radius 1 is 0.800 bits per heavy atom. The Balaban J connectivity index is 0.000000172. The molecule has 0 aliphatic carbocycles. The maximum atomic E-state index is 12.8. The molecular formula is C20H19F5N4O. The summed E-state index contributed by atoms with van der Waals surface area (Å²) in [7, 11) is 0. The van der Waals surface area contributed by atoms with E-state index in [1.165, 1.54) is 19.3 Å². The van der Waals surface area contributed by atoms with Gasteiger partial charge in [-0.2, -0.15) is 0 Å². The number of nitrogens with zero attached hydrogens (tertiary/aromatic N) is 2. The normalized spacial score (nSPS) is 11.8. The topological polar surface area (TPSA) is 66.6 Å². The summed E-state index contributed by atoms with van der Waals surface area (Å²) in [5.74, 6) is -0.184. The minimum Gasteiger partial charge on any atom is -0.405 e. The van der Waals surface area contributed by atoms with Gasteiger partial charge in [0.05, 0.1) is 5.39 Å². The average molecular weight is 426 g/mol. The lowest BCUT2D eigenvalue weighted by molar-refractivity contribution is -0.274.